The number of rotatable bonds is 4. The van der Waals surface area contributed by atoms with Gasteiger partial charge < -0.3 is 9.15 Å². The smallest absolute Gasteiger partial charge is 0.340 e. The topological polar surface area (TPSA) is 101 Å². The van der Waals surface area contributed by atoms with Gasteiger partial charge in [-0.15, -0.1) is 0 Å². The van der Waals surface area contributed by atoms with Gasteiger partial charge in [-0.05, 0) is 18.5 Å². The number of oxazole rings is 1. The third kappa shape index (κ3) is 3.14. The van der Waals surface area contributed by atoms with Crippen LogP contribution >= 0.6 is 0 Å². The Bertz CT molecular complexity index is 457. The Morgan fingerprint density at radius 1 is 1.81 bits per heavy atom. The molecule has 1 aromatic rings. The second-order valence-electron chi connectivity index (χ2n) is 2.72. The van der Waals surface area contributed by atoms with Crippen molar-refractivity contribution >= 4 is 12.0 Å². The molecule has 0 radical (unpaired) electrons. The molecule has 0 fully saturated rings. The summed E-state index contributed by atoms with van der Waals surface area (Å²) in [6.07, 6.45) is 2.69. The highest BCUT2D eigenvalue weighted by atomic mass is 16.5. The van der Waals surface area contributed by atoms with Crippen molar-refractivity contribution in [1.82, 2.24) is 4.98 Å². The summed E-state index contributed by atoms with van der Waals surface area (Å²) in [6.45, 7) is 3.52. The minimum Gasteiger partial charge on any atom is -0.462 e. The lowest BCUT2D eigenvalue weighted by Gasteiger charge is -1.99. The van der Waals surface area contributed by atoms with E-state index < -0.39 is 5.97 Å². The van der Waals surface area contributed by atoms with E-state index in [1.165, 1.54) is 12.3 Å². The van der Waals surface area contributed by atoms with E-state index >= 15 is 0 Å². The maximum absolute atomic E-state index is 11.3. The van der Waals surface area contributed by atoms with Crippen LogP contribution in [0.15, 0.2) is 21.4 Å². The zero-order valence-corrected chi connectivity index (χ0v) is 8.88. The number of carbonyl (C=O) groups excluding carboxylic acids is 1. The molecule has 7 heteroatoms. The molecule has 0 aromatic carbocycles. The van der Waals surface area contributed by atoms with Crippen molar-refractivity contribution < 1.29 is 13.9 Å². The van der Waals surface area contributed by atoms with Crippen LogP contribution in [0.1, 0.15) is 18.6 Å². The number of ether oxygens (including phenoxy) is 1. The lowest BCUT2D eigenvalue weighted by molar-refractivity contribution is -0.138. The molecule has 0 saturated carbocycles. The number of aromatic nitrogens is 1. The molecule has 0 aliphatic heterocycles. The lowest BCUT2D eigenvalue weighted by Crippen LogP contribution is -2.05. The quantitative estimate of drug-likeness (QED) is 0.256. The molecule has 0 atom stereocenters. The molecule has 0 unspecified atom stereocenters. The molecule has 0 spiro atoms. The van der Waals surface area contributed by atoms with Crippen LogP contribution in [0.5, 0.6) is 0 Å². The molecule has 1 rings (SSSR count). The maximum Gasteiger partial charge on any atom is 0.340 e. The van der Waals surface area contributed by atoms with E-state index in [0.29, 0.717) is 11.7 Å². The standard InChI is InChI=1S/C9H10N4O3/c1-3-15-9(14)8(12-13-10)4-7-5-11-6(2)16-7/h4-5H,3H2,1-2H3/b8-4+. The van der Waals surface area contributed by atoms with Crippen molar-refractivity contribution in [3.8, 4) is 0 Å². The van der Waals surface area contributed by atoms with Gasteiger partial charge in [-0.2, -0.15) is 0 Å². The van der Waals surface area contributed by atoms with E-state index in [2.05, 4.69) is 15.0 Å². The van der Waals surface area contributed by atoms with E-state index in [1.807, 2.05) is 0 Å². The first-order valence-electron chi connectivity index (χ1n) is 4.53. The van der Waals surface area contributed by atoms with Gasteiger partial charge in [-0.1, -0.05) is 5.11 Å². The SMILES string of the molecule is CCOC(=O)/C(=C\c1cnc(C)o1)N=[N+]=[N-]. The lowest BCUT2D eigenvalue weighted by atomic mass is 10.3. The van der Waals surface area contributed by atoms with Crippen LogP contribution in [-0.2, 0) is 9.53 Å². The van der Waals surface area contributed by atoms with Crippen molar-refractivity contribution in [2.24, 2.45) is 5.11 Å². The Kier molecular flexibility index (Phi) is 4.11. The van der Waals surface area contributed by atoms with Crippen LogP contribution < -0.4 is 0 Å². The fourth-order valence-corrected chi connectivity index (χ4v) is 0.961. The first-order valence-corrected chi connectivity index (χ1v) is 4.53. The summed E-state index contributed by atoms with van der Waals surface area (Å²) < 4.78 is 9.81. The predicted octanol–water partition coefficient (Wildman–Crippen LogP) is 2.20. The van der Waals surface area contributed by atoms with Crippen LogP contribution in [-0.4, -0.2) is 17.6 Å². The zero-order valence-electron chi connectivity index (χ0n) is 8.88. The first-order chi connectivity index (χ1) is 7.67. The van der Waals surface area contributed by atoms with Crippen LogP contribution in [0.2, 0.25) is 0 Å². The van der Waals surface area contributed by atoms with Gasteiger partial charge >= 0.3 is 5.97 Å². The Morgan fingerprint density at radius 3 is 3.06 bits per heavy atom. The van der Waals surface area contributed by atoms with Crippen molar-refractivity contribution in [3.05, 3.63) is 34.0 Å². The normalized spacial score (nSPS) is 10.8. The van der Waals surface area contributed by atoms with Crippen molar-refractivity contribution in [3.63, 3.8) is 0 Å². The summed E-state index contributed by atoms with van der Waals surface area (Å²) in [5.41, 5.74) is 8.13. The molecule has 7 nitrogen and oxygen atoms in total. The van der Waals surface area contributed by atoms with Crippen molar-refractivity contribution in [2.45, 2.75) is 13.8 Å². The highest BCUT2D eigenvalue weighted by Gasteiger charge is 2.09. The molecule has 0 saturated heterocycles. The number of esters is 1. The summed E-state index contributed by atoms with van der Waals surface area (Å²) in [6, 6.07) is 0. The van der Waals surface area contributed by atoms with E-state index in [1.54, 1.807) is 13.8 Å². The average Bonchev–Trinajstić information content (AvgIpc) is 2.64. The molecule has 0 bridgehead atoms. The minimum absolute atomic E-state index is 0.166. The number of carbonyl (C=O) groups is 1. The Labute approximate surface area is 91.4 Å². The highest BCUT2D eigenvalue weighted by molar-refractivity contribution is 5.92. The van der Waals surface area contributed by atoms with Gasteiger partial charge in [0.2, 0.25) is 0 Å². The largest absolute Gasteiger partial charge is 0.462 e. The van der Waals surface area contributed by atoms with E-state index in [4.69, 9.17) is 14.7 Å². The van der Waals surface area contributed by atoms with Gasteiger partial charge in [-0.25, -0.2) is 9.78 Å². The summed E-state index contributed by atoms with van der Waals surface area (Å²) >= 11 is 0. The number of azide groups is 1. The molecular weight excluding hydrogens is 212 g/mol. The van der Waals surface area contributed by atoms with Gasteiger partial charge in [0, 0.05) is 11.8 Å². The minimum atomic E-state index is -0.700. The monoisotopic (exact) mass is 222 g/mol. The summed E-state index contributed by atoms with van der Waals surface area (Å²) in [7, 11) is 0. The fraction of sp³-hybridized carbons (Fsp3) is 0.333. The van der Waals surface area contributed by atoms with Gasteiger partial charge in [0.15, 0.2) is 5.89 Å². The molecule has 0 N–H and O–H groups in total. The number of aryl methyl sites for hydroxylation is 1. The van der Waals surface area contributed by atoms with Crippen LogP contribution in [0.3, 0.4) is 0 Å². The predicted molar refractivity (Wildman–Crippen MR) is 55.0 cm³/mol. The molecule has 0 aliphatic carbocycles. The van der Waals surface area contributed by atoms with Gasteiger partial charge in [0.05, 0.1) is 12.8 Å². The molecule has 1 heterocycles. The Balaban J connectivity index is 2.97. The molecular formula is C9H10N4O3. The van der Waals surface area contributed by atoms with Crippen LogP contribution in [0.4, 0.5) is 0 Å². The fourth-order valence-electron chi connectivity index (χ4n) is 0.961. The molecule has 0 aliphatic rings. The summed E-state index contributed by atoms with van der Waals surface area (Å²) in [4.78, 5) is 17.7. The van der Waals surface area contributed by atoms with Gasteiger partial charge in [-0.3, -0.25) is 0 Å². The van der Waals surface area contributed by atoms with E-state index in [-0.39, 0.29) is 12.3 Å². The van der Waals surface area contributed by atoms with Gasteiger partial charge in [0.1, 0.15) is 11.5 Å². The summed E-state index contributed by atoms with van der Waals surface area (Å²) in [5.74, 6) is 0.0812. The number of hydrogen-bond acceptors (Lipinski definition) is 5. The maximum atomic E-state index is 11.3. The molecule has 16 heavy (non-hydrogen) atoms. The number of nitrogens with zero attached hydrogens (tertiary/aromatic N) is 4. The van der Waals surface area contributed by atoms with Gasteiger partial charge in [0.25, 0.3) is 0 Å². The van der Waals surface area contributed by atoms with Crippen molar-refractivity contribution in [2.75, 3.05) is 6.61 Å². The van der Waals surface area contributed by atoms with Crippen LogP contribution in [0.25, 0.3) is 16.5 Å². The first kappa shape index (κ1) is 11.8. The number of hydrogen-bond donors (Lipinski definition) is 0. The third-order valence-corrected chi connectivity index (χ3v) is 1.56. The van der Waals surface area contributed by atoms with Crippen molar-refractivity contribution in [1.29, 1.82) is 0 Å². The Hall–Kier alpha value is -2.27. The van der Waals surface area contributed by atoms with Crippen LogP contribution in [0, 0.1) is 6.92 Å². The summed E-state index contributed by atoms with van der Waals surface area (Å²) in [5, 5.41) is 3.23. The van der Waals surface area contributed by atoms with E-state index in [0.717, 1.165) is 0 Å². The third-order valence-electron chi connectivity index (χ3n) is 1.56. The Morgan fingerprint density at radius 2 is 2.56 bits per heavy atom. The molecule has 1 aromatic heterocycles. The zero-order chi connectivity index (χ0) is 12.0. The second kappa shape index (κ2) is 5.57. The molecule has 0 amide bonds. The van der Waals surface area contributed by atoms with E-state index in [9.17, 15) is 4.79 Å². The molecule has 84 valence electrons. The second-order valence-corrected chi connectivity index (χ2v) is 2.72. The highest BCUT2D eigenvalue weighted by Crippen LogP contribution is 2.11. The average molecular weight is 222 g/mol.